The van der Waals surface area contributed by atoms with Gasteiger partial charge in [-0.2, -0.15) is 0 Å². The summed E-state index contributed by atoms with van der Waals surface area (Å²) in [5, 5.41) is 11.0. The van der Waals surface area contributed by atoms with E-state index in [9.17, 15) is 18.0 Å². The Labute approximate surface area is 124 Å². The summed E-state index contributed by atoms with van der Waals surface area (Å²) in [6, 6.07) is -0.521. The number of nitrogens with one attached hydrogen (secondary N) is 1. The van der Waals surface area contributed by atoms with E-state index >= 15 is 0 Å². The van der Waals surface area contributed by atoms with Crippen LogP contribution in [0.25, 0.3) is 0 Å². The summed E-state index contributed by atoms with van der Waals surface area (Å²) in [4.78, 5) is 24.4. The number of urea groups is 1. The van der Waals surface area contributed by atoms with Gasteiger partial charge in [-0.1, -0.05) is 12.8 Å². The molecule has 2 amide bonds. The number of hydrogen-bond acceptors (Lipinski definition) is 4. The maximum absolute atomic E-state index is 12.2. The van der Waals surface area contributed by atoms with E-state index in [1.807, 2.05) is 0 Å². The first-order valence-corrected chi connectivity index (χ1v) is 9.09. The van der Waals surface area contributed by atoms with Crippen LogP contribution in [0.4, 0.5) is 4.79 Å². The van der Waals surface area contributed by atoms with Gasteiger partial charge >= 0.3 is 12.0 Å². The second kappa shape index (κ2) is 6.64. The van der Waals surface area contributed by atoms with Crippen LogP contribution in [-0.2, 0) is 14.6 Å². The predicted octanol–water partition coefficient (Wildman–Crippen LogP) is 0.602. The van der Waals surface area contributed by atoms with Crippen molar-refractivity contribution in [2.45, 2.75) is 49.8 Å². The first-order valence-electron chi connectivity index (χ1n) is 7.38. The lowest BCUT2D eigenvalue weighted by Crippen LogP contribution is -2.49. The van der Waals surface area contributed by atoms with E-state index in [1.54, 1.807) is 0 Å². The molecule has 0 aromatic rings. The van der Waals surface area contributed by atoms with Gasteiger partial charge in [-0.15, -0.1) is 0 Å². The molecule has 1 atom stereocenters. The molecular weight excluding hydrogens is 296 g/mol. The van der Waals surface area contributed by atoms with E-state index in [2.05, 4.69) is 5.32 Å². The van der Waals surface area contributed by atoms with Gasteiger partial charge in [0.15, 0.2) is 9.84 Å². The summed E-state index contributed by atoms with van der Waals surface area (Å²) in [5.74, 6) is -0.875. The zero-order valence-corrected chi connectivity index (χ0v) is 12.8. The van der Waals surface area contributed by atoms with Crippen molar-refractivity contribution < 1.29 is 23.1 Å². The van der Waals surface area contributed by atoms with Gasteiger partial charge in [0.1, 0.15) is 6.54 Å². The molecule has 120 valence electrons. The monoisotopic (exact) mass is 318 g/mol. The molecule has 1 saturated carbocycles. The number of amides is 2. The van der Waals surface area contributed by atoms with Crippen molar-refractivity contribution in [1.82, 2.24) is 10.2 Å². The van der Waals surface area contributed by atoms with Gasteiger partial charge in [-0.25, -0.2) is 13.2 Å². The maximum atomic E-state index is 12.2. The molecular formula is C13H22N2O5S. The molecule has 0 aromatic carbocycles. The molecule has 2 fully saturated rings. The molecule has 0 aromatic heterocycles. The van der Waals surface area contributed by atoms with Gasteiger partial charge in [-0.05, 0) is 25.7 Å². The first-order chi connectivity index (χ1) is 9.90. The molecule has 2 aliphatic rings. The Bertz CT molecular complexity index is 499. The van der Waals surface area contributed by atoms with Crippen LogP contribution in [0.3, 0.4) is 0 Å². The fourth-order valence-corrected chi connectivity index (χ4v) is 4.88. The van der Waals surface area contributed by atoms with E-state index in [4.69, 9.17) is 5.11 Å². The highest BCUT2D eigenvalue weighted by Gasteiger charge is 2.33. The molecule has 7 nitrogen and oxygen atoms in total. The van der Waals surface area contributed by atoms with Crippen LogP contribution >= 0.6 is 0 Å². The van der Waals surface area contributed by atoms with E-state index in [-0.39, 0.29) is 24.9 Å². The van der Waals surface area contributed by atoms with E-state index < -0.39 is 27.1 Å². The number of aliphatic carboxylic acids is 1. The zero-order valence-electron chi connectivity index (χ0n) is 12.0. The second-order valence-corrected chi connectivity index (χ2v) is 8.18. The Morgan fingerprint density at radius 1 is 1.14 bits per heavy atom. The Hall–Kier alpha value is -1.31. The molecule has 2 N–H and O–H groups in total. The van der Waals surface area contributed by atoms with Crippen LogP contribution in [-0.4, -0.2) is 60.6 Å². The second-order valence-electron chi connectivity index (χ2n) is 5.78. The van der Waals surface area contributed by atoms with E-state index in [0.29, 0.717) is 12.8 Å². The molecule has 1 heterocycles. The van der Waals surface area contributed by atoms with Crippen LogP contribution in [0.1, 0.15) is 38.5 Å². The third-order valence-electron chi connectivity index (χ3n) is 4.28. The minimum atomic E-state index is -3.10. The minimum absolute atomic E-state index is 0.0544. The van der Waals surface area contributed by atoms with Crippen molar-refractivity contribution >= 4 is 21.8 Å². The average molecular weight is 318 g/mol. The van der Waals surface area contributed by atoms with Crippen molar-refractivity contribution in [3.05, 3.63) is 0 Å². The molecule has 1 aliphatic carbocycles. The number of carboxylic acid groups (broad SMARTS) is 1. The Kier molecular flexibility index (Phi) is 5.08. The van der Waals surface area contributed by atoms with Crippen LogP contribution in [0.2, 0.25) is 0 Å². The summed E-state index contributed by atoms with van der Waals surface area (Å²) in [6.07, 6.45) is 4.79. The smallest absolute Gasteiger partial charge is 0.323 e. The molecule has 21 heavy (non-hydrogen) atoms. The molecule has 0 radical (unpaired) electrons. The van der Waals surface area contributed by atoms with E-state index in [1.165, 1.54) is 4.90 Å². The Morgan fingerprint density at radius 3 is 2.33 bits per heavy atom. The summed E-state index contributed by atoms with van der Waals surface area (Å²) in [6.45, 7) is -0.266. The summed E-state index contributed by atoms with van der Waals surface area (Å²) >= 11 is 0. The summed E-state index contributed by atoms with van der Waals surface area (Å²) in [5.41, 5.74) is 0. The fourth-order valence-electron chi connectivity index (χ4n) is 3.12. The number of sulfone groups is 1. The lowest BCUT2D eigenvalue weighted by Gasteiger charge is -2.28. The lowest BCUT2D eigenvalue weighted by molar-refractivity contribution is -0.138. The number of hydrogen-bond donors (Lipinski definition) is 2. The standard InChI is InChI=1S/C13H22N2O5S/c16-12(17)9-15(10-4-1-2-5-10)13(18)14-8-11-6-3-7-21(11,19)20/h10-11H,1-9H2,(H,14,18)(H,16,17). The topological polar surface area (TPSA) is 104 Å². The molecule has 1 saturated heterocycles. The van der Waals surface area contributed by atoms with Crippen molar-refractivity contribution in [3.8, 4) is 0 Å². The van der Waals surface area contributed by atoms with Crippen molar-refractivity contribution in [2.75, 3.05) is 18.8 Å². The van der Waals surface area contributed by atoms with Crippen molar-refractivity contribution in [3.63, 3.8) is 0 Å². The number of carbonyl (C=O) groups excluding carboxylic acids is 1. The van der Waals surface area contributed by atoms with Crippen LogP contribution in [0, 0.1) is 0 Å². The maximum Gasteiger partial charge on any atom is 0.323 e. The normalized spacial score (nSPS) is 24.9. The van der Waals surface area contributed by atoms with Crippen LogP contribution < -0.4 is 5.32 Å². The van der Waals surface area contributed by atoms with Crippen LogP contribution in [0.5, 0.6) is 0 Å². The van der Waals surface area contributed by atoms with Gasteiger partial charge in [0.05, 0.1) is 11.0 Å². The fraction of sp³-hybridized carbons (Fsp3) is 0.846. The Morgan fingerprint density at radius 2 is 1.81 bits per heavy atom. The van der Waals surface area contributed by atoms with Gasteiger partial charge < -0.3 is 15.3 Å². The highest BCUT2D eigenvalue weighted by molar-refractivity contribution is 7.92. The highest BCUT2D eigenvalue weighted by Crippen LogP contribution is 2.24. The summed E-state index contributed by atoms with van der Waals surface area (Å²) in [7, 11) is -3.10. The number of rotatable bonds is 5. The van der Waals surface area contributed by atoms with Gasteiger partial charge in [0.2, 0.25) is 0 Å². The lowest BCUT2D eigenvalue weighted by atomic mass is 10.2. The third kappa shape index (κ3) is 4.09. The minimum Gasteiger partial charge on any atom is -0.480 e. The third-order valence-corrected chi connectivity index (χ3v) is 6.55. The number of nitrogens with zero attached hydrogens (tertiary/aromatic N) is 1. The summed E-state index contributed by atoms with van der Waals surface area (Å²) < 4.78 is 23.4. The van der Waals surface area contributed by atoms with Gasteiger partial charge in [-0.3, -0.25) is 4.79 Å². The highest BCUT2D eigenvalue weighted by atomic mass is 32.2. The molecule has 0 bridgehead atoms. The molecule has 0 spiro atoms. The van der Waals surface area contributed by atoms with Gasteiger partial charge in [0.25, 0.3) is 0 Å². The quantitative estimate of drug-likeness (QED) is 0.772. The average Bonchev–Trinajstić information content (AvgIpc) is 3.02. The zero-order chi connectivity index (χ0) is 15.5. The van der Waals surface area contributed by atoms with Crippen molar-refractivity contribution in [1.29, 1.82) is 0 Å². The van der Waals surface area contributed by atoms with Crippen molar-refractivity contribution in [2.24, 2.45) is 0 Å². The molecule has 1 aliphatic heterocycles. The largest absolute Gasteiger partial charge is 0.480 e. The predicted molar refractivity (Wildman–Crippen MR) is 76.8 cm³/mol. The molecule has 2 rings (SSSR count). The molecule has 8 heteroatoms. The number of carboxylic acids is 1. The van der Waals surface area contributed by atoms with Crippen LogP contribution in [0.15, 0.2) is 0 Å². The first kappa shape index (κ1) is 16.1. The SMILES string of the molecule is O=C(O)CN(C(=O)NCC1CCCS1(=O)=O)C1CCCC1. The van der Waals surface area contributed by atoms with Gasteiger partial charge in [0, 0.05) is 12.6 Å². The number of carbonyl (C=O) groups is 2. The molecule has 1 unspecified atom stereocenters. The Balaban J connectivity index is 1.93. The van der Waals surface area contributed by atoms with E-state index in [0.717, 1.165) is 25.7 Å².